The molecular weight excluding hydrogens is 330 g/mol. The lowest BCUT2D eigenvalue weighted by Gasteiger charge is -2.27. The van der Waals surface area contributed by atoms with Crippen molar-refractivity contribution in [3.05, 3.63) is 15.9 Å². The van der Waals surface area contributed by atoms with E-state index >= 15 is 0 Å². The second kappa shape index (κ2) is 9.59. The Balaban J connectivity index is 2.99. The van der Waals surface area contributed by atoms with Gasteiger partial charge >= 0.3 is 0 Å². The first-order chi connectivity index (χ1) is 10.1. The zero-order chi connectivity index (χ0) is 15.8. The Hall–Kier alpha value is -0.390. The van der Waals surface area contributed by atoms with Gasteiger partial charge in [0.25, 0.3) is 0 Å². The molecule has 0 radical (unpaired) electrons. The molecule has 1 heterocycles. The topological polar surface area (TPSA) is 39.1 Å². The molecule has 4 nitrogen and oxygen atoms in total. The van der Waals surface area contributed by atoms with Crippen molar-refractivity contribution in [1.82, 2.24) is 15.1 Å². The van der Waals surface area contributed by atoms with E-state index in [0.717, 1.165) is 44.7 Å². The molecule has 0 bridgehead atoms. The first-order valence-corrected chi connectivity index (χ1v) is 9.00. The Bertz CT molecular complexity index is 420. The summed E-state index contributed by atoms with van der Waals surface area (Å²) in [5.74, 6) is 0. The van der Waals surface area contributed by atoms with E-state index in [-0.39, 0.29) is 6.10 Å². The van der Waals surface area contributed by atoms with Crippen molar-refractivity contribution in [2.45, 2.75) is 72.6 Å². The Morgan fingerprint density at radius 3 is 2.43 bits per heavy atom. The van der Waals surface area contributed by atoms with Crippen LogP contribution in [0.3, 0.4) is 0 Å². The van der Waals surface area contributed by atoms with Gasteiger partial charge in [-0.15, -0.1) is 0 Å². The van der Waals surface area contributed by atoms with Crippen LogP contribution in [0.2, 0.25) is 0 Å². The summed E-state index contributed by atoms with van der Waals surface area (Å²) in [5.41, 5.74) is 2.42. The van der Waals surface area contributed by atoms with Crippen LogP contribution in [0.15, 0.2) is 4.47 Å². The van der Waals surface area contributed by atoms with Crippen LogP contribution in [0.4, 0.5) is 0 Å². The summed E-state index contributed by atoms with van der Waals surface area (Å²) in [6, 6.07) is 0.322. The molecule has 21 heavy (non-hydrogen) atoms. The molecule has 1 aromatic rings. The zero-order valence-electron chi connectivity index (χ0n) is 14.1. The molecule has 0 aliphatic heterocycles. The molecule has 2 atom stereocenters. The lowest BCUT2D eigenvalue weighted by Crippen LogP contribution is -2.43. The van der Waals surface area contributed by atoms with Crippen molar-refractivity contribution in [3.8, 4) is 0 Å². The lowest BCUT2D eigenvalue weighted by atomic mass is 10.0. The fraction of sp³-hybridized carbons (Fsp3) is 0.812. The molecule has 0 aliphatic rings. The molecule has 0 spiro atoms. The highest BCUT2D eigenvalue weighted by Gasteiger charge is 2.24. The van der Waals surface area contributed by atoms with Crippen LogP contribution < -0.4 is 5.32 Å². The summed E-state index contributed by atoms with van der Waals surface area (Å²) < 4.78 is 9.20. The number of likely N-dealkylation sites (N-methyl/N-ethyl adjacent to an activating group) is 1. The Morgan fingerprint density at radius 1 is 1.24 bits per heavy atom. The van der Waals surface area contributed by atoms with E-state index in [1.165, 1.54) is 10.2 Å². The number of halogens is 1. The van der Waals surface area contributed by atoms with Gasteiger partial charge in [0.15, 0.2) is 0 Å². The Labute approximate surface area is 137 Å². The van der Waals surface area contributed by atoms with Gasteiger partial charge in [-0.25, -0.2) is 0 Å². The van der Waals surface area contributed by atoms with Crippen LogP contribution in [0.25, 0.3) is 0 Å². The molecule has 0 aromatic carbocycles. The molecule has 0 saturated heterocycles. The third-order valence-electron chi connectivity index (χ3n) is 3.81. The maximum absolute atomic E-state index is 5.92. The van der Waals surface area contributed by atoms with Gasteiger partial charge in [-0.05, 0) is 49.2 Å². The molecule has 1 rings (SSSR count). The molecular formula is C16H30BrN3O. The average molecular weight is 360 g/mol. The van der Waals surface area contributed by atoms with Gasteiger partial charge in [0, 0.05) is 25.6 Å². The van der Waals surface area contributed by atoms with Gasteiger partial charge in [-0.2, -0.15) is 5.10 Å². The van der Waals surface area contributed by atoms with Crippen LogP contribution in [0, 0.1) is 0 Å². The minimum Gasteiger partial charge on any atom is -0.377 e. The van der Waals surface area contributed by atoms with E-state index in [0.29, 0.717) is 6.04 Å². The number of aryl methyl sites for hydroxylation is 2. The van der Waals surface area contributed by atoms with Gasteiger partial charge in [-0.1, -0.05) is 20.8 Å². The van der Waals surface area contributed by atoms with Gasteiger partial charge < -0.3 is 10.1 Å². The van der Waals surface area contributed by atoms with E-state index in [2.05, 4.69) is 60.5 Å². The van der Waals surface area contributed by atoms with Crippen LogP contribution in [-0.2, 0) is 24.1 Å². The average Bonchev–Trinajstić information content (AvgIpc) is 2.80. The molecule has 0 amide bonds. The maximum Gasteiger partial charge on any atom is 0.0766 e. The number of hydrogen-bond acceptors (Lipinski definition) is 3. The quantitative estimate of drug-likeness (QED) is 0.693. The van der Waals surface area contributed by atoms with Crippen LogP contribution >= 0.6 is 15.9 Å². The van der Waals surface area contributed by atoms with Crippen LogP contribution in [0.1, 0.15) is 52.4 Å². The van der Waals surface area contributed by atoms with E-state index in [1.54, 1.807) is 0 Å². The minimum absolute atomic E-state index is 0.243. The molecule has 1 aromatic heterocycles. The van der Waals surface area contributed by atoms with E-state index in [4.69, 9.17) is 9.84 Å². The predicted molar refractivity (Wildman–Crippen MR) is 91.9 cm³/mol. The highest BCUT2D eigenvalue weighted by atomic mass is 79.9. The smallest absolute Gasteiger partial charge is 0.0766 e. The summed E-state index contributed by atoms with van der Waals surface area (Å²) in [6.07, 6.45) is 3.15. The van der Waals surface area contributed by atoms with Crippen molar-refractivity contribution < 1.29 is 4.74 Å². The maximum atomic E-state index is 5.92. The molecule has 0 aliphatic carbocycles. The molecule has 0 fully saturated rings. The minimum atomic E-state index is 0.243. The summed E-state index contributed by atoms with van der Waals surface area (Å²) in [7, 11) is 0. The normalized spacial score (nSPS) is 14.4. The second-order valence-corrected chi connectivity index (χ2v) is 5.94. The van der Waals surface area contributed by atoms with E-state index in [1.807, 2.05) is 0 Å². The molecule has 5 heteroatoms. The summed E-state index contributed by atoms with van der Waals surface area (Å²) in [5, 5.41) is 8.28. The van der Waals surface area contributed by atoms with E-state index in [9.17, 15) is 0 Å². The number of nitrogens with one attached hydrogen (secondary N) is 1. The molecule has 0 saturated carbocycles. The van der Waals surface area contributed by atoms with Crippen LogP contribution in [-0.4, -0.2) is 35.1 Å². The first-order valence-electron chi connectivity index (χ1n) is 8.21. The largest absolute Gasteiger partial charge is 0.377 e. The number of rotatable bonds is 10. The number of aromatic nitrogens is 2. The van der Waals surface area contributed by atoms with Gasteiger partial charge in [-0.3, -0.25) is 4.68 Å². The standard InChI is InChI=1S/C16H30BrN3O/c1-6-12-16(17)14(20(9-4)19-12)11-13(18-8-3)15(7-2)21-10-5/h13,15,18H,6-11H2,1-5H3. The second-order valence-electron chi connectivity index (χ2n) is 5.15. The van der Waals surface area contributed by atoms with E-state index < -0.39 is 0 Å². The third kappa shape index (κ3) is 4.80. The third-order valence-corrected chi connectivity index (χ3v) is 4.72. The van der Waals surface area contributed by atoms with Crippen molar-refractivity contribution >= 4 is 15.9 Å². The number of hydrogen-bond donors (Lipinski definition) is 1. The predicted octanol–water partition coefficient (Wildman–Crippen LogP) is 3.56. The van der Waals surface area contributed by atoms with Gasteiger partial charge in [0.05, 0.1) is 22.0 Å². The summed E-state index contributed by atoms with van der Waals surface area (Å²) in [6.45, 7) is 13.3. The highest BCUT2D eigenvalue weighted by molar-refractivity contribution is 9.10. The van der Waals surface area contributed by atoms with Crippen molar-refractivity contribution in [2.75, 3.05) is 13.2 Å². The van der Waals surface area contributed by atoms with Crippen molar-refractivity contribution in [2.24, 2.45) is 0 Å². The highest BCUT2D eigenvalue weighted by Crippen LogP contribution is 2.25. The summed E-state index contributed by atoms with van der Waals surface area (Å²) >= 11 is 3.74. The Kier molecular flexibility index (Phi) is 8.52. The van der Waals surface area contributed by atoms with Crippen LogP contribution in [0.5, 0.6) is 0 Å². The Morgan fingerprint density at radius 2 is 1.95 bits per heavy atom. The fourth-order valence-corrected chi connectivity index (χ4v) is 3.48. The van der Waals surface area contributed by atoms with Crippen molar-refractivity contribution in [3.63, 3.8) is 0 Å². The molecule has 2 unspecified atom stereocenters. The van der Waals surface area contributed by atoms with Crippen molar-refractivity contribution in [1.29, 1.82) is 0 Å². The number of ether oxygens (including phenoxy) is 1. The molecule has 1 N–H and O–H groups in total. The summed E-state index contributed by atoms with van der Waals surface area (Å²) in [4.78, 5) is 0. The number of nitrogens with zero attached hydrogens (tertiary/aromatic N) is 2. The lowest BCUT2D eigenvalue weighted by molar-refractivity contribution is 0.0318. The monoisotopic (exact) mass is 359 g/mol. The SMILES string of the molecule is CCNC(Cc1c(Br)c(CC)nn1CC)C(CC)OCC. The van der Waals surface area contributed by atoms with Gasteiger partial charge in [0.2, 0.25) is 0 Å². The fourth-order valence-electron chi connectivity index (χ4n) is 2.75. The first kappa shape index (κ1) is 18.7. The zero-order valence-corrected chi connectivity index (χ0v) is 15.7. The molecule has 122 valence electrons. The van der Waals surface area contributed by atoms with Gasteiger partial charge in [0.1, 0.15) is 0 Å².